The van der Waals surface area contributed by atoms with Crippen molar-refractivity contribution in [1.29, 1.82) is 0 Å². The third kappa shape index (κ3) is 2.51. The predicted octanol–water partition coefficient (Wildman–Crippen LogP) is 3.84. The number of halogens is 1. The molecule has 3 rings (SSSR count). The molecule has 1 fully saturated rings. The van der Waals surface area contributed by atoms with Crippen LogP contribution in [0.5, 0.6) is 0 Å². The van der Waals surface area contributed by atoms with E-state index < -0.39 is 0 Å². The van der Waals surface area contributed by atoms with Crippen molar-refractivity contribution in [2.45, 2.75) is 33.2 Å². The molecule has 1 aromatic carbocycles. The van der Waals surface area contributed by atoms with E-state index in [2.05, 4.69) is 51.5 Å². The highest BCUT2D eigenvalue weighted by Gasteiger charge is 2.32. The Morgan fingerprint density at radius 3 is 2.65 bits per heavy atom. The molecule has 4 heteroatoms. The van der Waals surface area contributed by atoms with E-state index in [4.69, 9.17) is 4.74 Å². The summed E-state index contributed by atoms with van der Waals surface area (Å²) in [7, 11) is 0. The molecule has 0 aliphatic carbocycles. The normalized spacial score (nSPS) is 18.6. The second kappa shape index (κ2) is 5.49. The van der Waals surface area contributed by atoms with Crippen LogP contribution in [-0.4, -0.2) is 28.1 Å². The van der Waals surface area contributed by atoms with E-state index in [1.54, 1.807) is 0 Å². The van der Waals surface area contributed by atoms with E-state index in [9.17, 15) is 0 Å². The van der Waals surface area contributed by atoms with E-state index in [1.807, 2.05) is 6.33 Å². The molecule has 1 saturated heterocycles. The van der Waals surface area contributed by atoms with E-state index in [0.29, 0.717) is 5.41 Å². The first-order valence-electron chi connectivity index (χ1n) is 7.19. The van der Waals surface area contributed by atoms with Crippen LogP contribution in [0.4, 0.5) is 0 Å². The quantitative estimate of drug-likeness (QED) is 0.796. The molecule has 0 radical (unpaired) electrons. The van der Waals surface area contributed by atoms with Crippen molar-refractivity contribution < 1.29 is 4.74 Å². The molecule has 0 amide bonds. The number of fused-ring (bicyclic) bond motifs is 1. The van der Waals surface area contributed by atoms with Crippen LogP contribution in [-0.2, 0) is 11.3 Å². The van der Waals surface area contributed by atoms with Crippen LogP contribution in [0.15, 0.2) is 18.5 Å². The molecule has 20 heavy (non-hydrogen) atoms. The monoisotopic (exact) mass is 336 g/mol. The van der Waals surface area contributed by atoms with Crippen LogP contribution >= 0.6 is 15.9 Å². The van der Waals surface area contributed by atoms with Crippen LogP contribution in [0.25, 0.3) is 11.0 Å². The molecule has 3 nitrogen and oxygen atoms in total. The summed E-state index contributed by atoms with van der Waals surface area (Å²) in [6.07, 6.45) is 4.22. The molecule has 1 aliphatic heterocycles. The van der Waals surface area contributed by atoms with Crippen LogP contribution in [0.2, 0.25) is 0 Å². The number of hydrogen-bond donors (Lipinski definition) is 0. The Morgan fingerprint density at radius 2 is 1.95 bits per heavy atom. The average molecular weight is 337 g/mol. The van der Waals surface area contributed by atoms with Crippen molar-refractivity contribution in [1.82, 2.24) is 9.55 Å². The van der Waals surface area contributed by atoms with Crippen molar-refractivity contribution in [2.75, 3.05) is 18.5 Å². The summed E-state index contributed by atoms with van der Waals surface area (Å²) in [4.78, 5) is 4.57. The van der Waals surface area contributed by atoms with Crippen molar-refractivity contribution >= 4 is 27.0 Å². The van der Waals surface area contributed by atoms with Gasteiger partial charge < -0.3 is 9.30 Å². The predicted molar refractivity (Wildman–Crippen MR) is 85.5 cm³/mol. The van der Waals surface area contributed by atoms with E-state index in [-0.39, 0.29) is 0 Å². The maximum atomic E-state index is 5.52. The number of alkyl halides is 1. The summed E-state index contributed by atoms with van der Waals surface area (Å²) in [6, 6.07) is 4.45. The lowest BCUT2D eigenvalue weighted by molar-refractivity contribution is 0.0191. The first-order valence-corrected chi connectivity index (χ1v) is 8.31. The number of hydrogen-bond acceptors (Lipinski definition) is 2. The number of aromatic nitrogens is 2. The molecule has 1 aliphatic rings. The van der Waals surface area contributed by atoms with Gasteiger partial charge in [-0.15, -0.1) is 0 Å². The highest BCUT2D eigenvalue weighted by atomic mass is 79.9. The SMILES string of the molecule is Cc1cc2ncn(CC3(CBr)CCOCC3)c2cc1C. The average Bonchev–Trinajstić information content (AvgIpc) is 2.83. The van der Waals surface area contributed by atoms with Crippen molar-refractivity contribution in [3.05, 3.63) is 29.6 Å². The lowest BCUT2D eigenvalue weighted by atomic mass is 9.82. The van der Waals surface area contributed by atoms with Gasteiger partial charge >= 0.3 is 0 Å². The van der Waals surface area contributed by atoms with Gasteiger partial charge in [0.15, 0.2) is 0 Å². The number of ether oxygens (including phenoxy) is 1. The summed E-state index contributed by atoms with van der Waals surface area (Å²) >= 11 is 3.71. The fourth-order valence-corrected chi connectivity index (χ4v) is 3.68. The molecule has 108 valence electrons. The first-order chi connectivity index (χ1) is 9.63. The summed E-state index contributed by atoms with van der Waals surface area (Å²) < 4.78 is 7.84. The zero-order chi connectivity index (χ0) is 14.2. The van der Waals surface area contributed by atoms with Gasteiger partial charge in [0, 0.05) is 30.5 Å². The Morgan fingerprint density at radius 1 is 1.25 bits per heavy atom. The van der Waals surface area contributed by atoms with Gasteiger partial charge in [0.05, 0.1) is 17.4 Å². The fraction of sp³-hybridized carbons (Fsp3) is 0.562. The van der Waals surface area contributed by atoms with Gasteiger partial charge in [-0.05, 0) is 49.9 Å². The van der Waals surface area contributed by atoms with Crippen molar-refractivity contribution in [3.63, 3.8) is 0 Å². The molecular formula is C16H21BrN2O. The minimum absolute atomic E-state index is 0.296. The van der Waals surface area contributed by atoms with E-state index in [1.165, 1.54) is 16.6 Å². The third-order valence-corrected chi connectivity index (χ3v) is 5.77. The van der Waals surface area contributed by atoms with E-state index >= 15 is 0 Å². The van der Waals surface area contributed by atoms with Crippen LogP contribution < -0.4 is 0 Å². The first kappa shape index (κ1) is 14.1. The van der Waals surface area contributed by atoms with Gasteiger partial charge in [0.1, 0.15) is 0 Å². The minimum atomic E-state index is 0.296. The Labute approximate surface area is 128 Å². The van der Waals surface area contributed by atoms with Gasteiger partial charge in [-0.2, -0.15) is 0 Å². The molecule has 0 atom stereocenters. The summed E-state index contributed by atoms with van der Waals surface area (Å²) in [5.41, 5.74) is 5.29. The molecule has 2 aromatic rings. The second-order valence-corrected chi connectivity index (χ2v) is 6.60. The standard InChI is InChI=1S/C16H21BrN2O/c1-12-7-14-15(8-13(12)2)19(11-18-14)10-16(9-17)3-5-20-6-4-16/h7-8,11H,3-6,9-10H2,1-2H3. The summed E-state index contributed by atoms with van der Waals surface area (Å²) in [5, 5.41) is 1.02. The van der Waals surface area contributed by atoms with Gasteiger partial charge in [-0.1, -0.05) is 15.9 Å². The number of nitrogens with zero attached hydrogens (tertiary/aromatic N) is 2. The molecule has 0 N–H and O–H groups in total. The largest absolute Gasteiger partial charge is 0.381 e. The maximum absolute atomic E-state index is 5.52. The molecule has 0 bridgehead atoms. The van der Waals surface area contributed by atoms with Gasteiger partial charge in [-0.25, -0.2) is 4.98 Å². The van der Waals surface area contributed by atoms with E-state index in [0.717, 1.165) is 43.4 Å². The molecule has 1 aromatic heterocycles. The number of rotatable bonds is 3. The lowest BCUT2D eigenvalue weighted by Crippen LogP contribution is -2.35. The zero-order valence-corrected chi connectivity index (χ0v) is 13.7. The summed E-state index contributed by atoms with van der Waals surface area (Å²) in [5.74, 6) is 0. The molecule has 0 spiro atoms. The Hall–Kier alpha value is -0.870. The Balaban J connectivity index is 1.96. The van der Waals surface area contributed by atoms with Crippen LogP contribution in [0.3, 0.4) is 0 Å². The summed E-state index contributed by atoms with van der Waals surface area (Å²) in [6.45, 7) is 7.07. The van der Waals surface area contributed by atoms with Gasteiger partial charge in [-0.3, -0.25) is 0 Å². The highest BCUT2D eigenvalue weighted by molar-refractivity contribution is 9.09. The van der Waals surface area contributed by atoms with Gasteiger partial charge in [0.2, 0.25) is 0 Å². The van der Waals surface area contributed by atoms with Crippen LogP contribution in [0.1, 0.15) is 24.0 Å². The number of benzene rings is 1. The number of aryl methyl sites for hydroxylation is 2. The highest BCUT2D eigenvalue weighted by Crippen LogP contribution is 2.35. The second-order valence-electron chi connectivity index (χ2n) is 6.04. The minimum Gasteiger partial charge on any atom is -0.381 e. The lowest BCUT2D eigenvalue weighted by Gasteiger charge is -2.36. The van der Waals surface area contributed by atoms with Crippen molar-refractivity contribution in [3.8, 4) is 0 Å². The Bertz CT molecular complexity index is 614. The van der Waals surface area contributed by atoms with Crippen molar-refractivity contribution in [2.24, 2.45) is 5.41 Å². The molecule has 0 saturated carbocycles. The zero-order valence-electron chi connectivity index (χ0n) is 12.2. The molecule has 2 heterocycles. The third-order valence-electron chi connectivity index (χ3n) is 4.58. The van der Waals surface area contributed by atoms with Crippen LogP contribution in [0, 0.1) is 19.3 Å². The fourth-order valence-electron chi connectivity index (χ4n) is 2.94. The van der Waals surface area contributed by atoms with Gasteiger partial charge in [0.25, 0.3) is 0 Å². The Kier molecular flexibility index (Phi) is 3.87. The number of imidazole rings is 1. The maximum Gasteiger partial charge on any atom is 0.0958 e. The smallest absolute Gasteiger partial charge is 0.0958 e. The molecular weight excluding hydrogens is 316 g/mol. The topological polar surface area (TPSA) is 27.1 Å². The molecule has 0 unspecified atom stereocenters.